The number of carbonyl (C=O) groups excluding carboxylic acids is 1. The Bertz CT molecular complexity index is 925. The third-order valence-corrected chi connectivity index (χ3v) is 5.30. The van der Waals surface area contributed by atoms with Crippen molar-refractivity contribution in [2.75, 3.05) is 5.32 Å². The zero-order valence-electron chi connectivity index (χ0n) is 12.9. The van der Waals surface area contributed by atoms with Crippen LogP contribution < -0.4 is 10.6 Å². The maximum atomic E-state index is 12.8. The van der Waals surface area contributed by atoms with Gasteiger partial charge in [0.2, 0.25) is 5.91 Å². The second-order valence-corrected chi connectivity index (χ2v) is 7.51. The lowest BCUT2D eigenvalue weighted by Gasteiger charge is -2.27. The van der Waals surface area contributed by atoms with Crippen molar-refractivity contribution in [3.05, 3.63) is 18.6 Å². The number of halogens is 3. The molecule has 12 heteroatoms. The van der Waals surface area contributed by atoms with Crippen LogP contribution in [0.25, 0.3) is 11.0 Å². The van der Waals surface area contributed by atoms with Crippen molar-refractivity contribution in [1.29, 1.82) is 0 Å². The Balaban J connectivity index is 1.99. The number of rotatable bonds is 3. The van der Waals surface area contributed by atoms with E-state index >= 15 is 0 Å². The smallest absolute Gasteiger partial charge is 0.358 e. The Hall–Kier alpha value is -2.37. The van der Waals surface area contributed by atoms with Crippen LogP contribution >= 0.6 is 0 Å². The van der Waals surface area contributed by atoms with Crippen LogP contribution in [0.5, 0.6) is 0 Å². The fraction of sp³-hybridized carbons (Fsp3) is 0.462. The first-order valence-corrected chi connectivity index (χ1v) is 8.76. The number of amides is 1. The highest BCUT2D eigenvalue weighted by Gasteiger charge is 2.48. The van der Waals surface area contributed by atoms with Gasteiger partial charge in [0.05, 0.1) is 5.39 Å². The molecule has 2 aromatic heterocycles. The molecule has 1 aliphatic rings. The monoisotopic (exact) mass is 377 g/mol. The number of alkyl halides is 3. The Labute approximate surface area is 140 Å². The topological polar surface area (TPSA) is 106 Å². The summed E-state index contributed by atoms with van der Waals surface area (Å²) in [5.74, 6) is -0.163. The lowest BCUT2D eigenvalue weighted by atomic mass is 10.0. The summed E-state index contributed by atoms with van der Waals surface area (Å²) in [4.78, 5) is 19.5. The van der Waals surface area contributed by atoms with Crippen molar-refractivity contribution >= 4 is 32.8 Å². The van der Waals surface area contributed by atoms with Gasteiger partial charge in [0.25, 0.3) is 0 Å². The Morgan fingerprint density at radius 2 is 2.04 bits per heavy atom. The summed E-state index contributed by atoms with van der Waals surface area (Å²) in [6.07, 6.45) is 2.94. The van der Waals surface area contributed by atoms with E-state index in [0.717, 1.165) is 25.0 Å². The van der Waals surface area contributed by atoms with E-state index in [4.69, 9.17) is 0 Å². The lowest BCUT2D eigenvalue weighted by molar-refractivity contribution is -0.124. The summed E-state index contributed by atoms with van der Waals surface area (Å²) in [6, 6.07) is 0.579. The summed E-state index contributed by atoms with van der Waals surface area (Å²) >= 11 is 0. The lowest BCUT2D eigenvalue weighted by Crippen LogP contribution is -2.48. The molecule has 0 aliphatic carbocycles. The number of nitrogens with one attached hydrogen (secondary N) is 2. The molecule has 0 radical (unpaired) electrons. The predicted molar refractivity (Wildman–Crippen MR) is 82.2 cm³/mol. The van der Waals surface area contributed by atoms with Crippen molar-refractivity contribution < 1.29 is 26.4 Å². The summed E-state index contributed by atoms with van der Waals surface area (Å²) in [5, 5.41) is 5.67. The van der Waals surface area contributed by atoms with Crippen molar-refractivity contribution in [1.82, 2.24) is 19.3 Å². The molecular weight excluding hydrogens is 363 g/mol. The summed E-state index contributed by atoms with van der Waals surface area (Å²) < 4.78 is 61.6. The maximum absolute atomic E-state index is 12.8. The first-order chi connectivity index (χ1) is 11.6. The molecule has 25 heavy (non-hydrogen) atoms. The van der Waals surface area contributed by atoms with Gasteiger partial charge in [0, 0.05) is 12.2 Å². The third-order valence-electron chi connectivity index (χ3n) is 3.90. The minimum absolute atomic E-state index is 0.0361. The summed E-state index contributed by atoms with van der Waals surface area (Å²) in [7, 11) is -5.61. The number of hydrogen-bond donors (Lipinski definition) is 2. The first kappa shape index (κ1) is 17.5. The molecule has 0 unspecified atom stereocenters. The van der Waals surface area contributed by atoms with Gasteiger partial charge < -0.3 is 10.6 Å². The number of piperidine rings is 1. The Morgan fingerprint density at radius 1 is 1.32 bits per heavy atom. The number of anilines is 1. The van der Waals surface area contributed by atoms with Gasteiger partial charge in [-0.25, -0.2) is 13.9 Å². The van der Waals surface area contributed by atoms with Gasteiger partial charge >= 0.3 is 15.5 Å². The summed E-state index contributed by atoms with van der Waals surface area (Å²) in [6.45, 7) is 1.86. The van der Waals surface area contributed by atoms with E-state index in [2.05, 4.69) is 20.6 Å². The molecule has 0 aromatic carbocycles. The van der Waals surface area contributed by atoms with Crippen molar-refractivity contribution in [3.63, 3.8) is 0 Å². The van der Waals surface area contributed by atoms with Gasteiger partial charge in [-0.15, -0.1) is 0 Å². The molecule has 1 aliphatic heterocycles. The molecule has 2 N–H and O–H groups in total. The highest BCUT2D eigenvalue weighted by atomic mass is 32.2. The number of nitrogens with zero attached hydrogens (tertiary/aromatic N) is 3. The normalized spacial score (nSPS) is 22.0. The first-order valence-electron chi connectivity index (χ1n) is 7.32. The highest BCUT2D eigenvalue weighted by molar-refractivity contribution is 7.90. The predicted octanol–water partition coefficient (Wildman–Crippen LogP) is 1.21. The van der Waals surface area contributed by atoms with Gasteiger partial charge in [-0.2, -0.15) is 21.6 Å². The molecule has 0 saturated carbocycles. The minimum atomic E-state index is -5.61. The zero-order chi connectivity index (χ0) is 18.4. The molecule has 2 atom stereocenters. The van der Waals surface area contributed by atoms with Gasteiger partial charge in [0.15, 0.2) is 5.65 Å². The zero-order valence-corrected chi connectivity index (χ0v) is 13.7. The van der Waals surface area contributed by atoms with E-state index in [1.165, 1.54) is 0 Å². The highest BCUT2D eigenvalue weighted by Crippen LogP contribution is 2.30. The van der Waals surface area contributed by atoms with E-state index in [9.17, 15) is 26.4 Å². The van der Waals surface area contributed by atoms with Gasteiger partial charge in [-0.1, -0.05) is 0 Å². The van der Waals surface area contributed by atoms with Crippen LogP contribution in [0.2, 0.25) is 0 Å². The Morgan fingerprint density at radius 3 is 2.68 bits per heavy atom. The van der Waals surface area contributed by atoms with E-state index in [-0.39, 0.29) is 27.1 Å². The number of hydrogen-bond acceptors (Lipinski definition) is 6. The second-order valence-electron chi connectivity index (χ2n) is 5.71. The van der Waals surface area contributed by atoms with E-state index in [1.54, 1.807) is 0 Å². The number of aromatic nitrogens is 3. The van der Waals surface area contributed by atoms with Crippen molar-refractivity contribution in [2.45, 2.75) is 37.4 Å². The van der Waals surface area contributed by atoms with Crippen LogP contribution in [0, 0.1) is 0 Å². The van der Waals surface area contributed by atoms with Crippen molar-refractivity contribution in [3.8, 4) is 0 Å². The third kappa shape index (κ3) is 3.01. The molecule has 1 fully saturated rings. The van der Waals surface area contributed by atoms with Gasteiger partial charge in [-0.05, 0) is 25.8 Å². The Kier molecular flexibility index (Phi) is 4.09. The van der Waals surface area contributed by atoms with Crippen LogP contribution in [0.4, 0.5) is 19.0 Å². The number of fused-ring (bicyclic) bond motifs is 1. The van der Waals surface area contributed by atoms with Crippen LogP contribution in [-0.4, -0.2) is 45.9 Å². The van der Waals surface area contributed by atoms with E-state index < -0.39 is 27.2 Å². The van der Waals surface area contributed by atoms with E-state index in [1.807, 2.05) is 6.92 Å². The molecular formula is C13H14F3N5O3S. The SMILES string of the molecule is C[C@H]1CC[C@@H](Nc2ncnc3c2ccn3S(=O)(=O)C(F)(F)F)C(=O)N1. The van der Waals surface area contributed by atoms with Gasteiger partial charge in [0.1, 0.15) is 18.2 Å². The fourth-order valence-electron chi connectivity index (χ4n) is 2.61. The van der Waals surface area contributed by atoms with Gasteiger partial charge in [-0.3, -0.25) is 4.79 Å². The average Bonchev–Trinajstić information content (AvgIpc) is 2.94. The van der Waals surface area contributed by atoms with E-state index in [0.29, 0.717) is 6.42 Å². The van der Waals surface area contributed by atoms with Crippen LogP contribution in [0.15, 0.2) is 18.6 Å². The minimum Gasteiger partial charge on any atom is -0.358 e. The molecule has 0 bridgehead atoms. The molecule has 0 spiro atoms. The molecule has 1 saturated heterocycles. The fourth-order valence-corrected chi connectivity index (χ4v) is 3.43. The average molecular weight is 377 g/mol. The van der Waals surface area contributed by atoms with Crippen molar-refractivity contribution in [2.24, 2.45) is 0 Å². The molecule has 1 amide bonds. The molecule has 3 rings (SSSR count). The maximum Gasteiger partial charge on any atom is 0.517 e. The largest absolute Gasteiger partial charge is 0.517 e. The quantitative estimate of drug-likeness (QED) is 0.833. The standard InChI is InChI=1S/C13H14F3N5O3S/c1-7-2-3-9(12(22)19-7)20-10-8-4-5-21(11(8)18-6-17-10)25(23,24)13(14,15)16/h4-7,9H,2-3H2,1H3,(H,19,22)(H,17,18,20)/t7-,9+/m0/s1. The van der Waals surface area contributed by atoms with Crippen LogP contribution in [0.1, 0.15) is 19.8 Å². The summed E-state index contributed by atoms with van der Waals surface area (Å²) in [5.41, 5.74) is -5.88. The molecule has 8 nitrogen and oxygen atoms in total. The van der Waals surface area contributed by atoms with Crippen LogP contribution in [-0.2, 0) is 14.8 Å². The number of carbonyl (C=O) groups is 1. The molecule has 2 aromatic rings. The molecule has 136 valence electrons. The molecule has 3 heterocycles. The van der Waals surface area contributed by atoms with Crippen LogP contribution in [0.3, 0.4) is 0 Å². The second kappa shape index (κ2) is 5.86.